The van der Waals surface area contributed by atoms with Gasteiger partial charge in [0.1, 0.15) is 11.9 Å². The third kappa shape index (κ3) is 2.49. The van der Waals surface area contributed by atoms with Gasteiger partial charge in [0.2, 0.25) is 0 Å². The fourth-order valence-electron chi connectivity index (χ4n) is 1.44. The van der Waals surface area contributed by atoms with Crippen LogP contribution in [0.25, 0.3) is 10.6 Å². The summed E-state index contributed by atoms with van der Waals surface area (Å²) in [5.74, 6) is -0.408. The van der Waals surface area contributed by atoms with Crippen molar-refractivity contribution in [1.29, 1.82) is 5.26 Å². The molecule has 0 saturated heterocycles. The van der Waals surface area contributed by atoms with Crippen molar-refractivity contribution < 1.29 is 4.39 Å². The van der Waals surface area contributed by atoms with Gasteiger partial charge in [-0.05, 0) is 33.4 Å². The lowest BCUT2D eigenvalue weighted by atomic mass is 10.1. The zero-order chi connectivity index (χ0) is 13.1. The Morgan fingerprint density at radius 3 is 2.72 bits per heavy atom. The minimum absolute atomic E-state index is 0.242. The van der Waals surface area contributed by atoms with Crippen LogP contribution in [0.5, 0.6) is 0 Å². The number of hydrogen-bond donors (Lipinski definition) is 0. The van der Waals surface area contributed by atoms with Gasteiger partial charge in [0.25, 0.3) is 0 Å². The van der Waals surface area contributed by atoms with Gasteiger partial charge < -0.3 is 0 Å². The maximum atomic E-state index is 13.4. The van der Waals surface area contributed by atoms with Crippen LogP contribution >= 0.6 is 38.9 Å². The number of halogens is 3. The monoisotopic (exact) mass is 341 g/mol. The first-order valence-electron chi connectivity index (χ1n) is 4.93. The molecule has 0 aliphatic heterocycles. The molecule has 18 heavy (non-hydrogen) atoms. The highest BCUT2D eigenvalue weighted by Crippen LogP contribution is 2.35. The van der Waals surface area contributed by atoms with Gasteiger partial charge in [-0.15, -0.1) is 11.3 Å². The summed E-state index contributed by atoms with van der Waals surface area (Å²) in [6.45, 7) is 0. The van der Waals surface area contributed by atoms with Crippen LogP contribution < -0.4 is 0 Å². The van der Waals surface area contributed by atoms with Gasteiger partial charge in [-0.25, -0.2) is 4.39 Å². The molecule has 2 rings (SSSR count). The van der Waals surface area contributed by atoms with E-state index in [-0.39, 0.29) is 9.51 Å². The number of nitriles is 1. The van der Waals surface area contributed by atoms with Crippen molar-refractivity contribution in [3.63, 3.8) is 0 Å². The molecule has 0 bridgehead atoms. The van der Waals surface area contributed by atoms with Gasteiger partial charge in [0.15, 0.2) is 0 Å². The summed E-state index contributed by atoms with van der Waals surface area (Å²) >= 11 is 10.8. The molecule has 0 fully saturated rings. The Morgan fingerprint density at radius 2 is 2.11 bits per heavy atom. The third-order valence-corrected chi connectivity index (χ3v) is 4.37. The van der Waals surface area contributed by atoms with Crippen molar-refractivity contribution in [2.45, 2.75) is 0 Å². The molecule has 90 valence electrons. The molecule has 2 aromatic rings. The SMILES string of the molecule is N#C/C(=C(\Cl)c1cccc(F)c1Br)c1cccs1. The second-order valence-corrected chi connectivity index (χ2v) is 5.50. The third-order valence-electron chi connectivity index (χ3n) is 2.29. The Bertz CT molecular complexity index is 644. The van der Waals surface area contributed by atoms with E-state index in [1.807, 2.05) is 11.4 Å². The average Bonchev–Trinajstić information content (AvgIpc) is 2.87. The molecule has 0 unspecified atom stereocenters. The molecule has 0 saturated carbocycles. The van der Waals surface area contributed by atoms with Crippen LogP contribution in [0.3, 0.4) is 0 Å². The zero-order valence-corrected chi connectivity index (χ0v) is 12.1. The second-order valence-electron chi connectivity index (χ2n) is 3.38. The Balaban J connectivity index is 2.62. The molecule has 0 aliphatic rings. The number of rotatable bonds is 2. The fourth-order valence-corrected chi connectivity index (χ4v) is 3.10. The Labute approximate surface area is 121 Å². The van der Waals surface area contributed by atoms with Gasteiger partial charge in [-0.2, -0.15) is 5.26 Å². The Hall–Kier alpha value is -1.15. The van der Waals surface area contributed by atoms with Gasteiger partial charge >= 0.3 is 0 Å². The van der Waals surface area contributed by atoms with Crippen molar-refractivity contribution in [3.8, 4) is 6.07 Å². The van der Waals surface area contributed by atoms with E-state index in [1.54, 1.807) is 18.2 Å². The lowest BCUT2D eigenvalue weighted by Crippen LogP contribution is -1.88. The zero-order valence-electron chi connectivity index (χ0n) is 8.95. The van der Waals surface area contributed by atoms with Gasteiger partial charge in [-0.1, -0.05) is 29.8 Å². The maximum Gasteiger partial charge on any atom is 0.138 e. The molecule has 0 atom stereocenters. The molecule has 1 nitrogen and oxygen atoms in total. The van der Waals surface area contributed by atoms with Crippen LogP contribution in [0, 0.1) is 17.1 Å². The van der Waals surface area contributed by atoms with Crippen LogP contribution in [0.15, 0.2) is 40.2 Å². The normalized spacial score (nSPS) is 11.9. The van der Waals surface area contributed by atoms with Crippen molar-refractivity contribution in [3.05, 3.63) is 56.4 Å². The topological polar surface area (TPSA) is 23.8 Å². The highest BCUT2D eigenvalue weighted by atomic mass is 79.9. The predicted octanol–water partition coefficient (Wildman–Crippen LogP) is 5.28. The first-order valence-corrected chi connectivity index (χ1v) is 6.98. The Kier molecular flexibility index (Phi) is 4.18. The van der Waals surface area contributed by atoms with E-state index in [2.05, 4.69) is 22.0 Å². The standard InChI is InChI=1S/C13H6BrClFNS/c14-12-8(3-1-4-10(12)16)13(15)9(7-17)11-5-2-6-18-11/h1-6H/b13-9+. The van der Waals surface area contributed by atoms with Crippen molar-refractivity contribution in [2.75, 3.05) is 0 Å². The first-order chi connectivity index (χ1) is 8.65. The second kappa shape index (κ2) is 5.66. The van der Waals surface area contributed by atoms with E-state index in [9.17, 15) is 9.65 Å². The largest absolute Gasteiger partial charge is 0.206 e. The molecule has 0 N–H and O–H groups in total. The molecule has 1 heterocycles. The summed E-state index contributed by atoms with van der Waals surface area (Å²) in [5.41, 5.74) is 0.819. The summed E-state index contributed by atoms with van der Waals surface area (Å²) in [6, 6.07) is 10.3. The highest BCUT2D eigenvalue weighted by Gasteiger charge is 2.14. The van der Waals surface area contributed by atoms with E-state index in [4.69, 9.17) is 11.6 Å². The molecule has 1 aromatic carbocycles. The van der Waals surface area contributed by atoms with Gasteiger partial charge in [0, 0.05) is 10.4 Å². The molecule has 0 aliphatic carbocycles. The summed E-state index contributed by atoms with van der Waals surface area (Å²) in [7, 11) is 0. The number of hydrogen-bond acceptors (Lipinski definition) is 2. The minimum atomic E-state index is -0.408. The first kappa shape index (κ1) is 13.3. The van der Waals surface area contributed by atoms with E-state index in [1.165, 1.54) is 17.4 Å². The number of thiophene rings is 1. The molecule has 5 heteroatoms. The number of nitrogens with zero attached hydrogens (tertiary/aromatic N) is 1. The van der Waals surface area contributed by atoms with Gasteiger partial charge in [-0.3, -0.25) is 0 Å². The van der Waals surface area contributed by atoms with Crippen LogP contribution in [0.1, 0.15) is 10.4 Å². The summed E-state index contributed by atoms with van der Waals surface area (Å²) < 4.78 is 13.7. The summed E-state index contributed by atoms with van der Waals surface area (Å²) in [6.07, 6.45) is 0. The smallest absolute Gasteiger partial charge is 0.138 e. The van der Waals surface area contributed by atoms with Crippen molar-refractivity contribution >= 4 is 49.5 Å². The van der Waals surface area contributed by atoms with Crippen molar-refractivity contribution in [2.24, 2.45) is 0 Å². The molecule has 0 amide bonds. The summed E-state index contributed by atoms with van der Waals surface area (Å²) in [5, 5.41) is 11.3. The fraction of sp³-hybridized carbons (Fsp3) is 0. The quantitative estimate of drug-likeness (QED) is 0.681. The lowest BCUT2D eigenvalue weighted by molar-refractivity contribution is 0.620. The van der Waals surface area contributed by atoms with Crippen LogP contribution in [0.4, 0.5) is 4.39 Å². The molecule has 1 aromatic heterocycles. The van der Waals surface area contributed by atoms with Crippen LogP contribution in [-0.4, -0.2) is 0 Å². The molecule has 0 radical (unpaired) electrons. The molecular formula is C13H6BrClFNS. The molecular weight excluding hydrogens is 337 g/mol. The van der Waals surface area contributed by atoms with Gasteiger partial charge in [0.05, 0.1) is 15.1 Å². The number of allylic oxidation sites excluding steroid dienone is 1. The summed E-state index contributed by atoms with van der Waals surface area (Å²) in [4.78, 5) is 0.763. The maximum absolute atomic E-state index is 13.4. The highest BCUT2D eigenvalue weighted by molar-refractivity contribution is 9.10. The minimum Gasteiger partial charge on any atom is -0.206 e. The van der Waals surface area contributed by atoms with E-state index >= 15 is 0 Å². The predicted molar refractivity (Wildman–Crippen MR) is 76.7 cm³/mol. The van der Waals surface area contributed by atoms with Crippen LogP contribution in [0.2, 0.25) is 0 Å². The van der Waals surface area contributed by atoms with E-state index in [0.29, 0.717) is 11.1 Å². The average molecular weight is 343 g/mol. The number of benzene rings is 1. The Morgan fingerprint density at radius 1 is 1.33 bits per heavy atom. The van der Waals surface area contributed by atoms with Crippen LogP contribution in [-0.2, 0) is 0 Å². The van der Waals surface area contributed by atoms with Crippen molar-refractivity contribution in [1.82, 2.24) is 0 Å². The lowest BCUT2D eigenvalue weighted by Gasteiger charge is -2.05. The van der Waals surface area contributed by atoms with E-state index in [0.717, 1.165) is 4.88 Å². The molecule has 0 spiro atoms. The van der Waals surface area contributed by atoms with E-state index < -0.39 is 5.82 Å².